The van der Waals surface area contributed by atoms with Crippen LogP contribution >= 0.6 is 0 Å². The number of aliphatic carboxylic acids is 1. The Kier molecular flexibility index (Phi) is 4.58. The van der Waals surface area contributed by atoms with Gasteiger partial charge in [-0.25, -0.2) is 4.79 Å². The van der Waals surface area contributed by atoms with Gasteiger partial charge < -0.3 is 10.4 Å². The Hall–Kier alpha value is -1.77. The first kappa shape index (κ1) is 12.3. The molecule has 0 amide bonds. The van der Waals surface area contributed by atoms with Gasteiger partial charge in [0.15, 0.2) is 0 Å². The van der Waals surface area contributed by atoms with Crippen molar-refractivity contribution in [2.75, 3.05) is 0 Å². The standard InChI is InChI=1S/C13H17NO2/c1-3-10(2)12(13(15)16)14-9-11-7-5-4-6-8-11/h4-8,14H,3,9H2,1-2H3,(H,15,16)/b12-10+. The van der Waals surface area contributed by atoms with Crippen molar-refractivity contribution in [1.29, 1.82) is 0 Å². The molecule has 1 rings (SSSR count). The van der Waals surface area contributed by atoms with E-state index in [-0.39, 0.29) is 0 Å². The van der Waals surface area contributed by atoms with E-state index in [0.29, 0.717) is 12.2 Å². The van der Waals surface area contributed by atoms with E-state index in [1.54, 1.807) is 0 Å². The molecule has 2 N–H and O–H groups in total. The lowest BCUT2D eigenvalue weighted by molar-refractivity contribution is -0.133. The molecule has 0 aliphatic carbocycles. The van der Waals surface area contributed by atoms with E-state index in [1.807, 2.05) is 44.2 Å². The van der Waals surface area contributed by atoms with Crippen LogP contribution in [0.2, 0.25) is 0 Å². The molecule has 3 nitrogen and oxygen atoms in total. The summed E-state index contributed by atoms with van der Waals surface area (Å²) in [7, 11) is 0. The van der Waals surface area contributed by atoms with E-state index in [0.717, 1.165) is 17.6 Å². The summed E-state index contributed by atoms with van der Waals surface area (Å²) in [6.45, 7) is 4.32. The smallest absolute Gasteiger partial charge is 0.351 e. The molecule has 1 aromatic carbocycles. The summed E-state index contributed by atoms with van der Waals surface area (Å²) in [6.07, 6.45) is 0.740. The fraction of sp³-hybridized carbons (Fsp3) is 0.308. The third-order valence-corrected chi connectivity index (χ3v) is 2.48. The molecule has 0 unspecified atom stereocenters. The third-order valence-electron chi connectivity index (χ3n) is 2.48. The zero-order chi connectivity index (χ0) is 12.0. The first-order valence-corrected chi connectivity index (χ1v) is 5.36. The number of carbonyl (C=O) groups is 1. The van der Waals surface area contributed by atoms with E-state index < -0.39 is 5.97 Å². The van der Waals surface area contributed by atoms with Crippen LogP contribution in [0.15, 0.2) is 41.6 Å². The van der Waals surface area contributed by atoms with Crippen LogP contribution in [0.5, 0.6) is 0 Å². The van der Waals surface area contributed by atoms with E-state index in [1.165, 1.54) is 0 Å². The molecule has 0 fully saturated rings. The Bertz CT molecular complexity index is 382. The molecule has 3 heteroatoms. The summed E-state index contributed by atoms with van der Waals surface area (Å²) in [5.41, 5.74) is 2.25. The van der Waals surface area contributed by atoms with Crippen molar-refractivity contribution >= 4 is 5.97 Å². The number of allylic oxidation sites excluding steroid dienone is 1. The molecule has 0 radical (unpaired) electrons. The molecule has 86 valence electrons. The van der Waals surface area contributed by atoms with Crippen LogP contribution in [0.3, 0.4) is 0 Å². The second-order valence-corrected chi connectivity index (χ2v) is 3.65. The van der Waals surface area contributed by atoms with Gasteiger partial charge in [-0.3, -0.25) is 0 Å². The summed E-state index contributed by atoms with van der Waals surface area (Å²) in [5.74, 6) is -0.893. The Morgan fingerprint density at radius 2 is 1.94 bits per heavy atom. The summed E-state index contributed by atoms with van der Waals surface area (Å²) < 4.78 is 0. The predicted octanol–water partition coefficient (Wildman–Crippen LogP) is 2.54. The van der Waals surface area contributed by atoms with Crippen molar-refractivity contribution in [3.05, 3.63) is 47.2 Å². The third kappa shape index (κ3) is 3.42. The lowest BCUT2D eigenvalue weighted by Gasteiger charge is -2.10. The molecule has 0 bridgehead atoms. The molecule has 0 aliphatic heterocycles. The van der Waals surface area contributed by atoms with Crippen molar-refractivity contribution in [2.45, 2.75) is 26.8 Å². The number of hydrogen-bond donors (Lipinski definition) is 2. The molecule has 1 aromatic rings. The average Bonchev–Trinajstić information content (AvgIpc) is 2.30. The highest BCUT2D eigenvalue weighted by molar-refractivity contribution is 5.86. The fourth-order valence-corrected chi connectivity index (χ4v) is 1.37. The molecule has 0 saturated carbocycles. The lowest BCUT2D eigenvalue weighted by Crippen LogP contribution is -2.21. The van der Waals surface area contributed by atoms with E-state index >= 15 is 0 Å². The van der Waals surface area contributed by atoms with Crippen LogP contribution in [-0.4, -0.2) is 11.1 Å². The first-order valence-electron chi connectivity index (χ1n) is 5.36. The number of rotatable bonds is 5. The quantitative estimate of drug-likeness (QED) is 0.748. The Labute approximate surface area is 95.8 Å². The maximum atomic E-state index is 11.0. The monoisotopic (exact) mass is 219 g/mol. The van der Waals surface area contributed by atoms with Gasteiger partial charge in [-0.2, -0.15) is 0 Å². The average molecular weight is 219 g/mol. The molecule has 0 aliphatic rings. The van der Waals surface area contributed by atoms with Crippen molar-refractivity contribution < 1.29 is 9.90 Å². The zero-order valence-electron chi connectivity index (χ0n) is 9.66. The van der Waals surface area contributed by atoms with Crippen molar-refractivity contribution in [1.82, 2.24) is 5.32 Å². The van der Waals surface area contributed by atoms with Crippen molar-refractivity contribution in [3.8, 4) is 0 Å². The summed E-state index contributed by atoms with van der Waals surface area (Å²) >= 11 is 0. The highest BCUT2D eigenvalue weighted by atomic mass is 16.4. The summed E-state index contributed by atoms with van der Waals surface area (Å²) in [6, 6.07) is 9.75. The highest BCUT2D eigenvalue weighted by Crippen LogP contribution is 2.07. The van der Waals surface area contributed by atoms with Crippen LogP contribution < -0.4 is 5.32 Å². The number of carboxylic acids is 1. The minimum atomic E-state index is -0.893. The molecular weight excluding hydrogens is 202 g/mol. The number of benzene rings is 1. The van der Waals surface area contributed by atoms with Gasteiger partial charge in [0.1, 0.15) is 5.70 Å². The minimum Gasteiger partial charge on any atom is -0.477 e. The largest absolute Gasteiger partial charge is 0.477 e. The highest BCUT2D eigenvalue weighted by Gasteiger charge is 2.09. The SMILES string of the molecule is CC/C(C)=C(/NCc1ccccc1)C(=O)O. The Balaban J connectivity index is 2.69. The van der Waals surface area contributed by atoms with Gasteiger partial charge in [0.05, 0.1) is 0 Å². The molecule has 16 heavy (non-hydrogen) atoms. The topological polar surface area (TPSA) is 49.3 Å². The van der Waals surface area contributed by atoms with E-state index in [9.17, 15) is 4.79 Å². The number of hydrogen-bond acceptors (Lipinski definition) is 2. The second-order valence-electron chi connectivity index (χ2n) is 3.65. The lowest BCUT2D eigenvalue weighted by atomic mass is 10.1. The van der Waals surface area contributed by atoms with Crippen LogP contribution in [-0.2, 0) is 11.3 Å². The summed E-state index contributed by atoms with van der Waals surface area (Å²) in [5, 5.41) is 12.0. The minimum absolute atomic E-state index is 0.311. The van der Waals surface area contributed by atoms with Crippen LogP contribution in [0.4, 0.5) is 0 Å². The van der Waals surface area contributed by atoms with Crippen molar-refractivity contribution in [2.24, 2.45) is 0 Å². The maximum absolute atomic E-state index is 11.0. The van der Waals surface area contributed by atoms with E-state index in [2.05, 4.69) is 5.32 Å². The molecule has 0 heterocycles. The van der Waals surface area contributed by atoms with Crippen LogP contribution in [0.25, 0.3) is 0 Å². The molecule has 0 spiro atoms. The van der Waals surface area contributed by atoms with Gasteiger partial charge in [0, 0.05) is 6.54 Å². The van der Waals surface area contributed by atoms with Gasteiger partial charge in [0.25, 0.3) is 0 Å². The molecule has 0 atom stereocenters. The van der Waals surface area contributed by atoms with Gasteiger partial charge in [-0.1, -0.05) is 37.3 Å². The molecular formula is C13H17NO2. The predicted molar refractivity (Wildman–Crippen MR) is 63.9 cm³/mol. The molecule has 0 saturated heterocycles. The van der Waals surface area contributed by atoms with Gasteiger partial charge in [-0.05, 0) is 24.5 Å². The summed E-state index contributed by atoms with van der Waals surface area (Å²) in [4.78, 5) is 11.0. The second kappa shape index (κ2) is 5.95. The fourth-order valence-electron chi connectivity index (χ4n) is 1.37. The van der Waals surface area contributed by atoms with Gasteiger partial charge in [0.2, 0.25) is 0 Å². The maximum Gasteiger partial charge on any atom is 0.351 e. The Morgan fingerprint density at radius 3 is 2.44 bits per heavy atom. The normalized spacial score (nSPS) is 11.9. The van der Waals surface area contributed by atoms with E-state index in [4.69, 9.17) is 5.11 Å². The zero-order valence-corrected chi connectivity index (χ0v) is 9.66. The van der Waals surface area contributed by atoms with Crippen LogP contribution in [0.1, 0.15) is 25.8 Å². The van der Waals surface area contributed by atoms with Gasteiger partial charge in [-0.15, -0.1) is 0 Å². The van der Waals surface area contributed by atoms with Crippen molar-refractivity contribution in [3.63, 3.8) is 0 Å². The number of carboxylic acid groups (broad SMARTS) is 1. The first-order chi connectivity index (χ1) is 7.65. The number of nitrogens with one attached hydrogen (secondary N) is 1. The molecule has 0 aromatic heterocycles. The van der Waals surface area contributed by atoms with Gasteiger partial charge >= 0.3 is 5.97 Å². The van der Waals surface area contributed by atoms with Crippen LogP contribution in [0, 0.1) is 0 Å². The Morgan fingerprint density at radius 1 is 1.31 bits per heavy atom.